The highest BCUT2D eigenvalue weighted by Crippen LogP contribution is 2.24. The first-order valence-electron chi connectivity index (χ1n) is 7.19. The fourth-order valence-corrected chi connectivity index (χ4v) is 2.62. The Hall–Kier alpha value is -2.21. The number of hydrogen-bond acceptors (Lipinski definition) is 6. The second-order valence-corrected chi connectivity index (χ2v) is 5.15. The van der Waals surface area contributed by atoms with Gasteiger partial charge in [0.05, 0.1) is 12.6 Å². The Morgan fingerprint density at radius 2 is 2.33 bits per heavy atom. The van der Waals surface area contributed by atoms with Crippen molar-refractivity contribution in [3.63, 3.8) is 0 Å². The molecular formula is C15H19N5O. The van der Waals surface area contributed by atoms with E-state index < -0.39 is 0 Å². The van der Waals surface area contributed by atoms with Crippen LogP contribution in [0, 0.1) is 0 Å². The lowest BCUT2D eigenvalue weighted by molar-refractivity contribution is 0.266. The molecule has 0 aliphatic carbocycles. The first kappa shape index (κ1) is 13.8. The molecule has 6 heteroatoms. The van der Waals surface area contributed by atoms with Crippen molar-refractivity contribution in [2.45, 2.75) is 25.4 Å². The zero-order valence-electron chi connectivity index (χ0n) is 11.8. The minimum Gasteiger partial charge on any atom is -0.394 e. The van der Waals surface area contributed by atoms with E-state index in [2.05, 4.69) is 25.2 Å². The Bertz CT molecular complexity index is 577. The maximum Gasteiger partial charge on any atom is 0.134 e. The third-order valence-corrected chi connectivity index (χ3v) is 3.73. The number of nitrogens with one attached hydrogen (secondary N) is 1. The van der Waals surface area contributed by atoms with E-state index in [1.807, 2.05) is 24.4 Å². The number of hydrogen-bond donors (Lipinski definition) is 2. The van der Waals surface area contributed by atoms with Crippen molar-refractivity contribution in [3.8, 4) is 0 Å². The SMILES string of the molecule is OC[C@H]1CCCN1c1cc(NCc2cccnc2)ncn1. The van der Waals surface area contributed by atoms with Crippen LogP contribution >= 0.6 is 0 Å². The molecule has 0 amide bonds. The average Bonchev–Trinajstić information content (AvgIpc) is 3.03. The fraction of sp³-hybridized carbons (Fsp3) is 0.400. The molecule has 1 aliphatic heterocycles. The molecule has 2 aromatic rings. The Morgan fingerprint density at radius 3 is 3.14 bits per heavy atom. The lowest BCUT2D eigenvalue weighted by Gasteiger charge is -2.24. The van der Waals surface area contributed by atoms with Crippen molar-refractivity contribution in [1.29, 1.82) is 0 Å². The number of pyridine rings is 1. The summed E-state index contributed by atoms with van der Waals surface area (Å²) in [7, 11) is 0. The molecular weight excluding hydrogens is 266 g/mol. The number of aromatic nitrogens is 3. The summed E-state index contributed by atoms with van der Waals surface area (Å²) in [5, 5.41) is 12.7. The normalized spacial score (nSPS) is 18.0. The third kappa shape index (κ3) is 3.28. The summed E-state index contributed by atoms with van der Waals surface area (Å²) in [4.78, 5) is 14.8. The highest BCUT2D eigenvalue weighted by atomic mass is 16.3. The van der Waals surface area contributed by atoms with Gasteiger partial charge in [-0.25, -0.2) is 9.97 Å². The summed E-state index contributed by atoms with van der Waals surface area (Å²) in [6.45, 7) is 1.78. The van der Waals surface area contributed by atoms with Gasteiger partial charge >= 0.3 is 0 Å². The summed E-state index contributed by atoms with van der Waals surface area (Å²) in [5.41, 5.74) is 1.10. The first-order valence-corrected chi connectivity index (χ1v) is 7.19. The molecule has 0 spiro atoms. The molecule has 1 saturated heterocycles. The maximum atomic E-state index is 9.41. The Kier molecular flexibility index (Phi) is 4.25. The van der Waals surface area contributed by atoms with E-state index in [0.717, 1.165) is 36.6 Å². The minimum absolute atomic E-state index is 0.169. The monoisotopic (exact) mass is 285 g/mol. The van der Waals surface area contributed by atoms with Crippen LogP contribution in [-0.4, -0.2) is 39.3 Å². The first-order chi connectivity index (χ1) is 10.4. The molecule has 1 atom stereocenters. The Labute approximate surface area is 123 Å². The molecule has 0 bridgehead atoms. The Balaban J connectivity index is 1.68. The highest BCUT2D eigenvalue weighted by Gasteiger charge is 2.25. The number of aliphatic hydroxyl groups is 1. The summed E-state index contributed by atoms with van der Waals surface area (Å²) < 4.78 is 0. The molecule has 0 saturated carbocycles. The zero-order chi connectivity index (χ0) is 14.5. The van der Waals surface area contributed by atoms with Crippen molar-refractivity contribution < 1.29 is 5.11 Å². The molecule has 3 heterocycles. The van der Waals surface area contributed by atoms with Gasteiger partial charge in [-0.3, -0.25) is 4.98 Å². The van der Waals surface area contributed by atoms with E-state index >= 15 is 0 Å². The highest BCUT2D eigenvalue weighted by molar-refractivity contribution is 5.50. The van der Waals surface area contributed by atoms with Gasteiger partial charge in [-0.15, -0.1) is 0 Å². The van der Waals surface area contributed by atoms with Crippen molar-refractivity contribution in [2.24, 2.45) is 0 Å². The van der Waals surface area contributed by atoms with Gasteiger partial charge in [-0.1, -0.05) is 6.07 Å². The third-order valence-electron chi connectivity index (χ3n) is 3.73. The largest absolute Gasteiger partial charge is 0.394 e. The van der Waals surface area contributed by atoms with Gasteiger partial charge in [-0.05, 0) is 24.5 Å². The summed E-state index contributed by atoms with van der Waals surface area (Å²) in [6, 6.07) is 6.04. The molecule has 0 unspecified atom stereocenters. The zero-order valence-corrected chi connectivity index (χ0v) is 11.8. The van der Waals surface area contributed by atoms with E-state index in [9.17, 15) is 5.11 Å². The molecule has 0 radical (unpaired) electrons. The maximum absolute atomic E-state index is 9.41. The summed E-state index contributed by atoms with van der Waals surface area (Å²) >= 11 is 0. The summed E-state index contributed by atoms with van der Waals surface area (Å²) in [6.07, 6.45) is 7.26. The number of aliphatic hydroxyl groups excluding tert-OH is 1. The van der Waals surface area contributed by atoms with E-state index in [1.54, 1.807) is 12.5 Å². The second-order valence-electron chi connectivity index (χ2n) is 5.15. The van der Waals surface area contributed by atoms with Gasteiger partial charge in [0.1, 0.15) is 18.0 Å². The van der Waals surface area contributed by atoms with Crippen molar-refractivity contribution in [3.05, 3.63) is 42.5 Å². The van der Waals surface area contributed by atoms with Crippen molar-refractivity contribution in [1.82, 2.24) is 15.0 Å². The number of rotatable bonds is 5. The average molecular weight is 285 g/mol. The lowest BCUT2D eigenvalue weighted by atomic mass is 10.2. The quantitative estimate of drug-likeness (QED) is 0.866. The molecule has 2 N–H and O–H groups in total. The Morgan fingerprint density at radius 1 is 1.38 bits per heavy atom. The van der Waals surface area contributed by atoms with E-state index in [4.69, 9.17) is 0 Å². The molecule has 110 valence electrons. The predicted molar refractivity (Wildman–Crippen MR) is 81.0 cm³/mol. The van der Waals surface area contributed by atoms with Crippen LogP contribution in [0.4, 0.5) is 11.6 Å². The molecule has 6 nitrogen and oxygen atoms in total. The smallest absolute Gasteiger partial charge is 0.134 e. The number of nitrogens with zero attached hydrogens (tertiary/aromatic N) is 4. The van der Waals surface area contributed by atoms with Crippen LogP contribution in [0.2, 0.25) is 0 Å². The van der Waals surface area contributed by atoms with Gasteiger partial charge in [0.2, 0.25) is 0 Å². The van der Waals surface area contributed by atoms with Crippen LogP contribution < -0.4 is 10.2 Å². The molecule has 21 heavy (non-hydrogen) atoms. The molecule has 2 aromatic heterocycles. The molecule has 3 rings (SSSR count). The second kappa shape index (κ2) is 6.49. The molecule has 1 fully saturated rings. The van der Waals surface area contributed by atoms with Crippen LogP contribution in [0.5, 0.6) is 0 Å². The van der Waals surface area contributed by atoms with Crippen LogP contribution in [0.1, 0.15) is 18.4 Å². The van der Waals surface area contributed by atoms with E-state index in [0.29, 0.717) is 6.54 Å². The standard InChI is InChI=1S/C15H19N5O/c21-10-13-4-2-6-20(13)15-7-14(18-11-19-15)17-9-12-3-1-5-16-8-12/h1,3,5,7-8,11,13,21H,2,4,6,9-10H2,(H,17,18,19)/t13-/m1/s1. The van der Waals surface area contributed by atoms with Crippen LogP contribution in [0.15, 0.2) is 36.9 Å². The minimum atomic E-state index is 0.169. The van der Waals surface area contributed by atoms with Crippen LogP contribution in [0.25, 0.3) is 0 Å². The van der Waals surface area contributed by atoms with Gasteiger partial charge < -0.3 is 15.3 Å². The van der Waals surface area contributed by atoms with Gasteiger partial charge in [0.15, 0.2) is 0 Å². The molecule has 1 aliphatic rings. The predicted octanol–water partition coefficient (Wildman–Crippen LogP) is 1.44. The van der Waals surface area contributed by atoms with Gasteiger partial charge in [-0.2, -0.15) is 0 Å². The van der Waals surface area contributed by atoms with Gasteiger partial charge in [0.25, 0.3) is 0 Å². The van der Waals surface area contributed by atoms with Crippen molar-refractivity contribution in [2.75, 3.05) is 23.4 Å². The topological polar surface area (TPSA) is 74.2 Å². The van der Waals surface area contributed by atoms with E-state index in [1.165, 1.54) is 0 Å². The molecule has 0 aromatic carbocycles. The van der Waals surface area contributed by atoms with E-state index in [-0.39, 0.29) is 12.6 Å². The van der Waals surface area contributed by atoms with Crippen LogP contribution in [0.3, 0.4) is 0 Å². The lowest BCUT2D eigenvalue weighted by Crippen LogP contribution is -2.32. The summed E-state index contributed by atoms with van der Waals surface area (Å²) in [5.74, 6) is 1.66. The van der Waals surface area contributed by atoms with Gasteiger partial charge in [0, 0.05) is 31.5 Å². The van der Waals surface area contributed by atoms with Crippen LogP contribution in [-0.2, 0) is 6.54 Å². The number of anilines is 2. The fourth-order valence-electron chi connectivity index (χ4n) is 2.62. The van der Waals surface area contributed by atoms with Crippen molar-refractivity contribution >= 4 is 11.6 Å².